The minimum Gasteiger partial charge on any atom is -0.305 e. The number of pyridine rings is 2. The summed E-state index contributed by atoms with van der Waals surface area (Å²) in [7, 11) is -1.34. The number of nitrogens with zero attached hydrogens (tertiary/aromatic N) is 2. The van der Waals surface area contributed by atoms with E-state index in [4.69, 9.17) is 4.98 Å². The largest absolute Gasteiger partial charge is 0.305 e. The third-order valence-electron chi connectivity index (χ3n) is 9.79. The van der Waals surface area contributed by atoms with E-state index in [-0.39, 0.29) is 20.1 Å². The van der Waals surface area contributed by atoms with Gasteiger partial charge in [-0.05, 0) is 73.4 Å². The molecular formula is C49H46IrN2SSi-2. The molecule has 3 aromatic heterocycles. The quantitative estimate of drug-likeness (QED) is 0.112. The molecule has 0 saturated carbocycles. The fourth-order valence-corrected chi connectivity index (χ4v) is 9.85. The monoisotopic (exact) mass is 915 g/mol. The van der Waals surface area contributed by atoms with Crippen LogP contribution in [0.4, 0.5) is 0 Å². The van der Waals surface area contributed by atoms with Crippen LogP contribution in [0.25, 0.3) is 53.8 Å². The Morgan fingerprint density at radius 3 is 2.09 bits per heavy atom. The van der Waals surface area contributed by atoms with E-state index in [1.807, 2.05) is 41.8 Å². The molecule has 5 aromatic carbocycles. The first-order valence-corrected chi connectivity index (χ1v) is 22.9. The van der Waals surface area contributed by atoms with Crippen molar-refractivity contribution >= 4 is 44.8 Å². The molecule has 0 bridgehead atoms. The summed E-state index contributed by atoms with van der Waals surface area (Å²) >= 11 is 1.83. The normalized spacial score (nSPS) is 11.9. The molecule has 0 aliphatic carbocycles. The maximum Gasteiger partial charge on any atom is 0.0798 e. The van der Waals surface area contributed by atoms with Crippen molar-refractivity contribution in [1.82, 2.24) is 9.97 Å². The van der Waals surface area contributed by atoms with Crippen LogP contribution in [0.5, 0.6) is 0 Å². The van der Waals surface area contributed by atoms with Gasteiger partial charge in [-0.25, -0.2) is 0 Å². The molecule has 0 amide bonds. The first-order valence-electron chi connectivity index (χ1n) is 18.6. The van der Waals surface area contributed by atoms with E-state index in [0.29, 0.717) is 11.8 Å². The summed E-state index contributed by atoms with van der Waals surface area (Å²) in [5.74, 6) is 0.975. The fraction of sp³-hybridized carbons (Fsp3) is 0.184. The Balaban J connectivity index is 0.000000205. The Hall–Kier alpha value is -4.51. The number of thiophene rings is 1. The summed E-state index contributed by atoms with van der Waals surface area (Å²) in [5, 5.41) is 4.05. The van der Waals surface area contributed by atoms with Crippen LogP contribution >= 0.6 is 11.3 Å². The topological polar surface area (TPSA) is 25.8 Å². The van der Waals surface area contributed by atoms with Crippen LogP contribution in [0, 0.1) is 18.1 Å². The Morgan fingerprint density at radius 1 is 0.648 bits per heavy atom. The number of hydrogen-bond acceptors (Lipinski definition) is 3. The Kier molecular flexibility index (Phi) is 12.6. The molecule has 0 spiro atoms. The van der Waals surface area contributed by atoms with E-state index in [1.54, 1.807) is 0 Å². The molecule has 54 heavy (non-hydrogen) atoms. The smallest absolute Gasteiger partial charge is 0.0798 e. The van der Waals surface area contributed by atoms with E-state index in [2.05, 4.69) is 173 Å². The summed E-state index contributed by atoms with van der Waals surface area (Å²) in [6, 6.07) is 53.7. The molecular weight excluding hydrogens is 869 g/mol. The molecule has 2 nitrogen and oxygen atoms in total. The molecule has 0 saturated heterocycles. The van der Waals surface area contributed by atoms with Crippen molar-refractivity contribution < 1.29 is 20.1 Å². The van der Waals surface area contributed by atoms with Gasteiger partial charge >= 0.3 is 0 Å². The molecule has 0 aliphatic rings. The van der Waals surface area contributed by atoms with Crippen LogP contribution in [-0.2, 0) is 26.5 Å². The van der Waals surface area contributed by atoms with Gasteiger partial charge in [-0.3, -0.25) is 0 Å². The van der Waals surface area contributed by atoms with Gasteiger partial charge in [0.15, 0.2) is 0 Å². The zero-order valence-corrected chi connectivity index (χ0v) is 36.1. The number of rotatable bonds is 8. The molecule has 5 heteroatoms. The Morgan fingerprint density at radius 2 is 1.39 bits per heavy atom. The second-order valence-electron chi connectivity index (χ2n) is 15.2. The van der Waals surface area contributed by atoms with Crippen LogP contribution in [0.1, 0.15) is 43.4 Å². The number of fused-ring (bicyclic) bond motifs is 3. The predicted molar refractivity (Wildman–Crippen MR) is 231 cm³/mol. The maximum atomic E-state index is 4.75. The first kappa shape index (κ1) is 39.2. The van der Waals surface area contributed by atoms with Gasteiger partial charge in [0.2, 0.25) is 0 Å². The molecule has 0 aliphatic heterocycles. The fourth-order valence-electron chi connectivity index (χ4n) is 7.01. The molecule has 8 rings (SSSR count). The van der Waals surface area contributed by atoms with Crippen molar-refractivity contribution in [3.8, 4) is 33.6 Å². The molecule has 273 valence electrons. The predicted octanol–water partition coefficient (Wildman–Crippen LogP) is 13.0. The molecule has 1 radical (unpaired) electrons. The van der Waals surface area contributed by atoms with Crippen molar-refractivity contribution in [3.05, 3.63) is 175 Å². The molecule has 8 aromatic rings. The van der Waals surface area contributed by atoms with Crippen LogP contribution in [-0.4, -0.2) is 18.0 Å². The van der Waals surface area contributed by atoms with E-state index in [1.165, 1.54) is 53.2 Å². The minimum atomic E-state index is -1.34. The second kappa shape index (κ2) is 17.3. The van der Waals surface area contributed by atoms with Gasteiger partial charge in [-0.15, -0.1) is 59.7 Å². The standard InChI is InChI=1S/C31H22NS.C18H24NSi.Ir/c1-21(22-9-4-2-5-10-22)24-17-18-32-29(19-24)28-14-8-13-27-26-16-15-25(20-30(26)33-31(27)28)23-11-6-3-7-12-23;1-14(2)11-16-12-17(15-9-7-6-8-10-15)19-13-18(16)20(3,4)5;/h2-13,15-21H,1H3;6-9,12-14H,11H2,1-5H3;/q2*-1;. The maximum absolute atomic E-state index is 4.75. The molecule has 0 fully saturated rings. The van der Waals surface area contributed by atoms with Crippen LogP contribution in [0.15, 0.2) is 146 Å². The van der Waals surface area contributed by atoms with Gasteiger partial charge in [-0.2, -0.15) is 11.3 Å². The second-order valence-corrected chi connectivity index (χ2v) is 21.3. The minimum absolute atomic E-state index is 0. The summed E-state index contributed by atoms with van der Waals surface area (Å²) in [5.41, 5.74) is 10.7. The Bertz CT molecular complexity index is 2450. The Labute approximate surface area is 339 Å². The third-order valence-corrected chi connectivity index (χ3v) is 13.0. The summed E-state index contributed by atoms with van der Waals surface area (Å²) < 4.78 is 2.54. The summed E-state index contributed by atoms with van der Waals surface area (Å²) in [6.07, 6.45) is 5.17. The van der Waals surface area contributed by atoms with Gasteiger partial charge in [0, 0.05) is 43.1 Å². The number of hydrogen-bond donors (Lipinski definition) is 0. The third kappa shape index (κ3) is 8.88. The first-order chi connectivity index (χ1) is 25.7. The molecule has 0 N–H and O–H groups in total. The van der Waals surface area contributed by atoms with Gasteiger partial charge in [-0.1, -0.05) is 136 Å². The van der Waals surface area contributed by atoms with E-state index < -0.39 is 8.07 Å². The van der Waals surface area contributed by atoms with Crippen molar-refractivity contribution in [1.29, 1.82) is 0 Å². The van der Waals surface area contributed by atoms with Crippen LogP contribution < -0.4 is 5.19 Å². The summed E-state index contributed by atoms with van der Waals surface area (Å²) in [6.45, 7) is 14.0. The van der Waals surface area contributed by atoms with Gasteiger partial charge < -0.3 is 9.97 Å². The van der Waals surface area contributed by atoms with E-state index >= 15 is 0 Å². The van der Waals surface area contributed by atoms with Crippen LogP contribution in [0.2, 0.25) is 19.6 Å². The average molecular weight is 915 g/mol. The molecule has 1 unspecified atom stereocenters. The van der Waals surface area contributed by atoms with Crippen molar-refractivity contribution in [3.63, 3.8) is 0 Å². The molecule has 1 atom stereocenters. The van der Waals surface area contributed by atoms with E-state index in [9.17, 15) is 0 Å². The van der Waals surface area contributed by atoms with E-state index in [0.717, 1.165) is 28.9 Å². The zero-order chi connectivity index (χ0) is 37.0. The zero-order valence-electron chi connectivity index (χ0n) is 31.9. The number of aromatic nitrogens is 2. The van der Waals surface area contributed by atoms with Crippen molar-refractivity contribution in [2.45, 2.75) is 52.8 Å². The van der Waals surface area contributed by atoms with Gasteiger partial charge in [0.05, 0.1) is 8.07 Å². The van der Waals surface area contributed by atoms with Gasteiger partial charge in [0.25, 0.3) is 0 Å². The van der Waals surface area contributed by atoms with Crippen molar-refractivity contribution in [2.75, 3.05) is 0 Å². The SMILES string of the molecule is CC(C)Cc1cc(-c2[c-]cccc2)ncc1[Si](C)(C)C.CC(c1ccccc1)c1ccnc(-c2[c-]ccc3c2sc2cc(-c4ccccc4)ccc23)c1.[Ir]. The summed E-state index contributed by atoms with van der Waals surface area (Å²) in [4.78, 5) is 9.43. The van der Waals surface area contributed by atoms with Gasteiger partial charge in [0.1, 0.15) is 0 Å². The molecule has 3 heterocycles. The average Bonchev–Trinajstić information content (AvgIpc) is 3.56. The van der Waals surface area contributed by atoms with Crippen LogP contribution in [0.3, 0.4) is 0 Å². The van der Waals surface area contributed by atoms with Crippen molar-refractivity contribution in [2.24, 2.45) is 5.92 Å². The number of benzene rings is 5.